The number of benzene rings is 2. The lowest BCUT2D eigenvalue weighted by atomic mass is 10.0. The van der Waals surface area contributed by atoms with E-state index in [1.807, 2.05) is 76.2 Å². The maximum absolute atomic E-state index is 12.1. The molecule has 2 aromatic rings. The number of Topliss-reactive ketones (excluding diaryl/α,β-unsaturated/α-hetero) is 1. The fraction of sp³-hybridized carbons (Fsp3) is 0.333. The quantitative estimate of drug-likeness (QED) is 0.290. The normalized spacial score (nSPS) is 11.9. The number of carbonyl (C=O) groups excluding carboxylic acids is 2. The standard InChI is InChI=1S/C21H23Br2NO2S2/c1-20(2,22)18(25)13-14-5-9-16(10-6-14)27-28-17-11-7-15(8-12-17)24-19(26)21(3,4)23/h5-12H,13H2,1-4H3,(H,24,26). The molecular formula is C21H23Br2NO2S2. The average Bonchev–Trinajstić information content (AvgIpc) is 2.60. The molecule has 0 atom stereocenters. The second-order valence-corrected chi connectivity index (χ2v) is 13.6. The zero-order chi connectivity index (χ0) is 20.9. The number of nitrogens with one attached hydrogen (secondary N) is 1. The molecule has 150 valence electrons. The highest BCUT2D eigenvalue weighted by Gasteiger charge is 2.24. The number of anilines is 1. The fourth-order valence-corrected chi connectivity index (χ4v) is 4.20. The van der Waals surface area contributed by atoms with Gasteiger partial charge in [-0.05, 0) is 69.7 Å². The fourth-order valence-electron chi connectivity index (χ4n) is 2.03. The number of hydrogen-bond acceptors (Lipinski definition) is 4. The highest BCUT2D eigenvalue weighted by atomic mass is 79.9. The Hall–Kier alpha value is -0.760. The largest absolute Gasteiger partial charge is 0.325 e. The highest BCUT2D eigenvalue weighted by molar-refractivity contribution is 9.10. The van der Waals surface area contributed by atoms with Gasteiger partial charge in [-0.25, -0.2) is 0 Å². The lowest BCUT2D eigenvalue weighted by Gasteiger charge is -2.15. The van der Waals surface area contributed by atoms with Crippen LogP contribution < -0.4 is 5.32 Å². The van der Waals surface area contributed by atoms with Crippen LogP contribution in [0, 0.1) is 0 Å². The van der Waals surface area contributed by atoms with Crippen molar-refractivity contribution in [2.45, 2.75) is 52.6 Å². The molecule has 2 aromatic carbocycles. The van der Waals surface area contributed by atoms with Crippen LogP contribution in [0.3, 0.4) is 0 Å². The summed E-state index contributed by atoms with van der Waals surface area (Å²) in [6, 6.07) is 15.8. The van der Waals surface area contributed by atoms with E-state index in [-0.39, 0.29) is 11.7 Å². The van der Waals surface area contributed by atoms with Crippen LogP contribution in [0.5, 0.6) is 0 Å². The topological polar surface area (TPSA) is 46.2 Å². The Morgan fingerprint density at radius 3 is 1.71 bits per heavy atom. The van der Waals surface area contributed by atoms with E-state index in [2.05, 4.69) is 37.2 Å². The summed E-state index contributed by atoms with van der Waals surface area (Å²) in [6.07, 6.45) is 0.425. The predicted octanol–water partition coefficient (Wildman–Crippen LogP) is 6.88. The summed E-state index contributed by atoms with van der Waals surface area (Å²) >= 11 is 6.77. The van der Waals surface area contributed by atoms with Crippen molar-refractivity contribution in [3.8, 4) is 0 Å². The van der Waals surface area contributed by atoms with Crippen molar-refractivity contribution in [3.63, 3.8) is 0 Å². The van der Waals surface area contributed by atoms with Gasteiger partial charge in [-0.15, -0.1) is 0 Å². The molecule has 0 spiro atoms. The Kier molecular flexibility index (Phi) is 8.26. The molecular weight excluding hydrogens is 522 g/mol. The minimum absolute atomic E-state index is 0.0795. The second-order valence-electron chi connectivity index (χ2n) is 7.33. The van der Waals surface area contributed by atoms with Gasteiger partial charge >= 0.3 is 0 Å². The van der Waals surface area contributed by atoms with Crippen molar-refractivity contribution >= 4 is 70.8 Å². The number of amides is 1. The summed E-state index contributed by atoms with van der Waals surface area (Å²) in [5.74, 6) is 0.0851. The lowest BCUT2D eigenvalue weighted by Crippen LogP contribution is -2.30. The molecule has 0 unspecified atom stereocenters. The Labute approximate surface area is 191 Å². The SMILES string of the molecule is CC(C)(Br)C(=O)Cc1ccc(SSc2ccc(NC(=O)C(C)(C)Br)cc2)cc1. The summed E-state index contributed by atoms with van der Waals surface area (Å²) in [4.78, 5) is 26.3. The van der Waals surface area contributed by atoms with E-state index in [0.29, 0.717) is 6.42 Å². The molecule has 1 amide bonds. The van der Waals surface area contributed by atoms with Gasteiger partial charge < -0.3 is 5.32 Å². The maximum Gasteiger partial charge on any atom is 0.240 e. The Bertz CT molecular complexity index is 752. The van der Waals surface area contributed by atoms with E-state index in [9.17, 15) is 9.59 Å². The minimum Gasteiger partial charge on any atom is -0.325 e. The second kappa shape index (κ2) is 9.83. The molecule has 0 aliphatic heterocycles. The summed E-state index contributed by atoms with van der Waals surface area (Å²) in [5, 5.41) is 2.88. The summed E-state index contributed by atoms with van der Waals surface area (Å²) in [7, 11) is 3.31. The van der Waals surface area contributed by atoms with E-state index in [4.69, 9.17) is 0 Å². The highest BCUT2D eigenvalue weighted by Crippen LogP contribution is 2.37. The third-order valence-electron chi connectivity index (χ3n) is 3.84. The molecule has 0 aromatic heterocycles. The molecule has 0 heterocycles. The van der Waals surface area contributed by atoms with Crippen molar-refractivity contribution in [1.29, 1.82) is 0 Å². The van der Waals surface area contributed by atoms with E-state index in [1.54, 1.807) is 21.6 Å². The zero-order valence-corrected chi connectivity index (χ0v) is 21.0. The Balaban J connectivity index is 1.88. The first kappa shape index (κ1) is 23.5. The third-order valence-corrected chi connectivity index (χ3v) is 7.06. The molecule has 0 aliphatic rings. The number of hydrogen-bond donors (Lipinski definition) is 1. The number of rotatable bonds is 8. The molecule has 28 heavy (non-hydrogen) atoms. The van der Waals surface area contributed by atoms with E-state index in [0.717, 1.165) is 21.0 Å². The smallest absolute Gasteiger partial charge is 0.240 e. The van der Waals surface area contributed by atoms with Crippen LogP contribution in [0.4, 0.5) is 5.69 Å². The minimum atomic E-state index is -0.600. The monoisotopic (exact) mass is 543 g/mol. The van der Waals surface area contributed by atoms with Gasteiger partial charge in [-0.1, -0.05) is 65.6 Å². The van der Waals surface area contributed by atoms with Crippen LogP contribution in [0.25, 0.3) is 0 Å². The van der Waals surface area contributed by atoms with Crippen LogP contribution in [0.1, 0.15) is 33.3 Å². The molecule has 1 N–H and O–H groups in total. The third kappa shape index (κ3) is 7.58. The molecule has 7 heteroatoms. The molecule has 0 saturated heterocycles. The predicted molar refractivity (Wildman–Crippen MR) is 128 cm³/mol. The van der Waals surface area contributed by atoms with E-state index < -0.39 is 8.65 Å². The first-order valence-electron chi connectivity index (χ1n) is 8.71. The number of alkyl halides is 2. The van der Waals surface area contributed by atoms with Gasteiger partial charge in [0.2, 0.25) is 5.91 Å². The van der Waals surface area contributed by atoms with Crippen molar-refractivity contribution in [1.82, 2.24) is 0 Å². The molecule has 0 bridgehead atoms. The number of carbonyl (C=O) groups is 2. The molecule has 0 radical (unpaired) electrons. The van der Waals surface area contributed by atoms with Crippen LogP contribution in [-0.2, 0) is 16.0 Å². The Morgan fingerprint density at radius 1 is 0.821 bits per heavy atom. The van der Waals surface area contributed by atoms with Crippen molar-refractivity contribution in [2.75, 3.05) is 5.32 Å². The number of ketones is 1. The van der Waals surface area contributed by atoms with Crippen molar-refractivity contribution in [3.05, 3.63) is 54.1 Å². The summed E-state index contributed by atoms with van der Waals surface area (Å²) in [5.41, 5.74) is 1.79. The summed E-state index contributed by atoms with van der Waals surface area (Å²) in [6.45, 7) is 7.36. The molecule has 3 nitrogen and oxygen atoms in total. The van der Waals surface area contributed by atoms with Crippen molar-refractivity contribution in [2.24, 2.45) is 0 Å². The van der Waals surface area contributed by atoms with Crippen LogP contribution in [-0.4, -0.2) is 20.3 Å². The molecule has 0 saturated carbocycles. The van der Waals surface area contributed by atoms with Gasteiger partial charge in [-0.2, -0.15) is 0 Å². The lowest BCUT2D eigenvalue weighted by molar-refractivity contribution is -0.120. The summed E-state index contributed by atoms with van der Waals surface area (Å²) < 4.78 is -1.09. The van der Waals surface area contributed by atoms with Crippen LogP contribution >= 0.6 is 53.4 Å². The first-order chi connectivity index (χ1) is 12.9. The van der Waals surface area contributed by atoms with Gasteiger partial charge in [0.15, 0.2) is 5.78 Å². The molecule has 2 rings (SSSR count). The maximum atomic E-state index is 12.1. The van der Waals surface area contributed by atoms with Gasteiger partial charge in [0.1, 0.15) is 0 Å². The van der Waals surface area contributed by atoms with Crippen LogP contribution in [0.15, 0.2) is 58.3 Å². The van der Waals surface area contributed by atoms with Crippen LogP contribution in [0.2, 0.25) is 0 Å². The van der Waals surface area contributed by atoms with Gasteiger partial charge in [0.05, 0.1) is 8.65 Å². The van der Waals surface area contributed by atoms with Gasteiger partial charge in [0, 0.05) is 21.9 Å². The Morgan fingerprint density at radius 2 is 1.29 bits per heavy atom. The van der Waals surface area contributed by atoms with Gasteiger partial charge in [-0.3, -0.25) is 9.59 Å². The molecule has 0 aliphatic carbocycles. The van der Waals surface area contributed by atoms with E-state index in [1.165, 1.54) is 0 Å². The number of halogens is 2. The average molecular weight is 545 g/mol. The van der Waals surface area contributed by atoms with Crippen molar-refractivity contribution < 1.29 is 9.59 Å². The zero-order valence-electron chi connectivity index (χ0n) is 16.2. The van der Waals surface area contributed by atoms with Gasteiger partial charge in [0.25, 0.3) is 0 Å². The van der Waals surface area contributed by atoms with E-state index >= 15 is 0 Å². The molecule has 0 fully saturated rings. The first-order valence-corrected chi connectivity index (χ1v) is 12.4.